The largest absolute Gasteiger partial charge is 0.463 e. The van der Waals surface area contributed by atoms with Gasteiger partial charge in [-0.2, -0.15) is 0 Å². The van der Waals surface area contributed by atoms with Crippen LogP contribution in [0.25, 0.3) is 11.0 Å². The molecule has 0 bridgehead atoms. The molecule has 1 aromatic carbocycles. The molecule has 0 radical (unpaired) electrons. The van der Waals surface area contributed by atoms with Gasteiger partial charge in [0.05, 0.1) is 5.56 Å². The van der Waals surface area contributed by atoms with Crippen molar-refractivity contribution in [2.75, 3.05) is 6.54 Å². The van der Waals surface area contributed by atoms with Crippen molar-refractivity contribution in [1.82, 2.24) is 10.6 Å². The van der Waals surface area contributed by atoms with Gasteiger partial charge in [-0.1, -0.05) is 13.0 Å². The predicted molar refractivity (Wildman–Crippen MR) is 83.7 cm³/mol. The standard InChI is InChI=1S/C17H20N2O3/c1-2-11-3-5-15-13(9-11)14(10-22-15)17(21)19-12-4-6-16(20)18-8-7-12/h3,5,9-10,12H,2,4,6-8H2,1H3,(H,18,20)(H,19,21)/t12-/m0/s1. The summed E-state index contributed by atoms with van der Waals surface area (Å²) in [4.78, 5) is 23.9. The van der Waals surface area contributed by atoms with Crippen LogP contribution in [-0.4, -0.2) is 24.4 Å². The van der Waals surface area contributed by atoms with Gasteiger partial charge in [-0.3, -0.25) is 9.59 Å². The van der Waals surface area contributed by atoms with E-state index in [0.29, 0.717) is 24.9 Å². The third-order valence-corrected chi connectivity index (χ3v) is 4.16. The zero-order chi connectivity index (χ0) is 15.5. The molecule has 2 heterocycles. The molecule has 1 aliphatic heterocycles. The van der Waals surface area contributed by atoms with Crippen molar-refractivity contribution in [3.05, 3.63) is 35.6 Å². The molecule has 2 aromatic rings. The van der Waals surface area contributed by atoms with Crippen LogP contribution in [0.1, 0.15) is 42.1 Å². The van der Waals surface area contributed by atoms with Crippen molar-refractivity contribution in [2.24, 2.45) is 0 Å². The number of benzene rings is 1. The van der Waals surface area contributed by atoms with Crippen molar-refractivity contribution >= 4 is 22.8 Å². The van der Waals surface area contributed by atoms with E-state index in [1.165, 1.54) is 11.8 Å². The first kappa shape index (κ1) is 14.6. The number of hydrogen-bond acceptors (Lipinski definition) is 3. The Kier molecular flexibility index (Phi) is 4.13. The Morgan fingerprint density at radius 3 is 3.09 bits per heavy atom. The van der Waals surface area contributed by atoms with Crippen molar-refractivity contribution in [3.8, 4) is 0 Å². The highest BCUT2D eigenvalue weighted by Gasteiger charge is 2.20. The minimum absolute atomic E-state index is 0.0192. The maximum Gasteiger partial charge on any atom is 0.255 e. The summed E-state index contributed by atoms with van der Waals surface area (Å²) in [5, 5.41) is 6.69. The lowest BCUT2D eigenvalue weighted by Gasteiger charge is -2.14. The van der Waals surface area contributed by atoms with Crippen LogP contribution in [0.3, 0.4) is 0 Å². The molecule has 2 N–H and O–H groups in total. The Morgan fingerprint density at radius 2 is 2.27 bits per heavy atom. The molecule has 3 rings (SSSR count). The Labute approximate surface area is 129 Å². The molecule has 22 heavy (non-hydrogen) atoms. The Morgan fingerprint density at radius 1 is 1.41 bits per heavy atom. The van der Waals surface area contributed by atoms with Crippen LogP contribution in [0.5, 0.6) is 0 Å². The van der Waals surface area contributed by atoms with E-state index in [4.69, 9.17) is 4.42 Å². The van der Waals surface area contributed by atoms with Crippen LogP contribution in [0.2, 0.25) is 0 Å². The molecule has 0 aliphatic carbocycles. The van der Waals surface area contributed by atoms with Crippen molar-refractivity contribution < 1.29 is 14.0 Å². The molecule has 5 heteroatoms. The molecule has 1 aromatic heterocycles. The van der Waals surface area contributed by atoms with Crippen LogP contribution in [-0.2, 0) is 11.2 Å². The fourth-order valence-electron chi connectivity index (χ4n) is 2.80. The summed E-state index contributed by atoms with van der Waals surface area (Å²) >= 11 is 0. The van der Waals surface area contributed by atoms with Crippen molar-refractivity contribution in [3.63, 3.8) is 0 Å². The van der Waals surface area contributed by atoms with Crippen LogP contribution in [0.4, 0.5) is 0 Å². The second-order valence-corrected chi connectivity index (χ2v) is 5.68. The molecule has 0 unspecified atom stereocenters. The molecule has 1 atom stereocenters. The highest BCUT2D eigenvalue weighted by molar-refractivity contribution is 6.06. The van der Waals surface area contributed by atoms with Gasteiger partial charge in [0, 0.05) is 24.4 Å². The number of aryl methyl sites for hydroxylation is 1. The first-order valence-corrected chi connectivity index (χ1v) is 7.75. The molecule has 1 aliphatic rings. The lowest BCUT2D eigenvalue weighted by molar-refractivity contribution is -0.120. The van der Waals surface area contributed by atoms with Gasteiger partial charge >= 0.3 is 0 Å². The molecular weight excluding hydrogens is 280 g/mol. The maximum absolute atomic E-state index is 12.5. The van der Waals surface area contributed by atoms with Gasteiger partial charge in [0.1, 0.15) is 11.8 Å². The van der Waals surface area contributed by atoms with Crippen LogP contribution >= 0.6 is 0 Å². The summed E-state index contributed by atoms with van der Waals surface area (Å²) in [5.41, 5.74) is 2.46. The fraction of sp³-hybridized carbons (Fsp3) is 0.412. The third-order valence-electron chi connectivity index (χ3n) is 4.16. The average Bonchev–Trinajstić information content (AvgIpc) is 2.84. The van der Waals surface area contributed by atoms with Crippen LogP contribution in [0.15, 0.2) is 28.9 Å². The summed E-state index contributed by atoms with van der Waals surface area (Å²) in [6, 6.07) is 5.94. The van der Waals surface area contributed by atoms with E-state index >= 15 is 0 Å². The van der Waals surface area contributed by atoms with E-state index in [0.717, 1.165) is 23.8 Å². The molecule has 1 saturated heterocycles. The third kappa shape index (κ3) is 2.98. The van der Waals surface area contributed by atoms with Crippen molar-refractivity contribution in [1.29, 1.82) is 0 Å². The van der Waals surface area contributed by atoms with Gasteiger partial charge in [-0.25, -0.2) is 0 Å². The van der Waals surface area contributed by atoms with Gasteiger partial charge in [0.25, 0.3) is 5.91 Å². The number of rotatable bonds is 3. The highest BCUT2D eigenvalue weighted by Crippen LogP contribution is 2.23. The second kappa shape index (κ2) is 6.22. The molecule has 5 nitrogen and oxygen atoms in total. The molecule has 1 fully saturated rings. The number of furan rings is 1. The quantitative estimate of drug-likeness (QED) is 0.914. The van der Waals surface area contributed by atoms with E-state index in [-0.39, 0.29) is 17.9 Å². The van der Waals surface area contributed by atoms with E-state index < -0.39 is 0 Å². The molecule has 0 spiro atoms. The summed E-state index contributed by atoms with van der Waals surface area (Å²) < 4.78 is 5.47. The smallest absolute Gasteiger partial charge is 0.255 e. The summed E-state index contributed by atoms with van der Waals surface area (Å²) in [7, 11) is 0. The number of nitrogens with one attached hydrogen (secondary N) is 2. The van der Waals surface area contributed by atoms with Gasteiger partial charge in [-0.15, -0.1) is 0 Å². The van der Waals surface area contributed by atoms with Gasteiger partial charge < -0.3 is 15.1 Å². The van der Waals surface area contributed by atoms with Crippen LogP contribution in [0, 0.1) is 0 Å². The number of hydrogen-bond donors (Lipinski definition) is 2. The Hall–Kier alpha value is -2.30. The summed E-state index contributed by atoms with van der Waals surface area (Å²) in [5.74, 6) is -0.0792. The Balaban J connectivity index is 1.78. The van der Waals surface area contributed by atoms with E-state index in [1.54, 1.807) is 0 Å². The van der Waals surface area contributed by atoms with E-state index in [2.05, 4.69) is 17.6 Å². The first-order chi connectivity index (χ1) is 10.7. The topological polar surface area (TPSA) is 71.3 Å². The maximum atomic E-state index is 12.5. The number of carbonyl (C=O) groups excluding carboxylic acids is 2. The van der Waals surface area contributed by atoms with Gasteiger partial charge in [0.2, 0.25) is 5.91 Å². The first-order valence-electron chi connectivity index (χ1n) is 7.75. The SMILES string of the molecule is CCc1ccc2occ(C(=O)N[C@@H]3CCNC(=O)CC3)c2c1. The number of carbonyl (C=O) groups is 2. The summed E-state index contributed by atoms with van der Waals surface area (Å²) in [6.07, 6.45) is 4.32. The van der Waals surface area contributed by atoms with Gasteiger partial charge in [-0.05, 0) is 37.0 Å². The molecule has 2 amide bonds. The van der Waals surface area contributed by atoms with E-state index in [1.807, 2.05) is 18.2 Å². The minimum atomic E-state index is -0.133. The predicted octanol–water partition coefficient (Wildman–Crippen LogP) is 2.39. The highest BCUT2D eigenvalue weighted by atomic mass is 16.3. The minimum Gasteiger partial charge on any atom is -0.463 e. The molecule has 116 valence electrons. The zero-order valence-corrected chi connectivity index (χ0v) is 12.6. The lowest BCUT2D eigenvalue weighted by Crippen LogP contribution is -2.35. The fourth-order valence-corrected chi connectivity index (χ4v) is 2.80. The number of amides is 2. The average molecular weight is 300 g/mol. The molecule has 0 saturated carbocycles. The second-order valence-electron chi connectivity index (χ2n) is 5.68. The van der Waals surface area contributed by atoms with Crippen molar-refractivity contribution in [2.45, 2.75) is 38.6 Å². The summed E-state index contributed by atoms with van der Waals surface area (Å²) in [6.45, 7) is 2.69. The molecular formula is C17H20N2O3. The van der Waals surface area contributed by atoms with E-state index in [9.17, 15) is 9.59 Å². The number of fused-ring (bicyclic) bond motifs is 1. The monoisotopic (exact) mass is 300 g/mol. The lowest BCUT2D eigenvalue weighted by atomic mass is 10.1. The van der Waals surface area contributed by atoms with Crippen LogP contribution < -0.4 is 10.6 Å². The van der Waals surface area contributed by atoms with Gasteiger partial charge in [0.15, 0.2) is 0 Å². The normalized spacial score (nSPS) is 18.8. The Bertz CT molecular complexity index is 705. The zero-order valence-electron chi connectivity index (χ0n) is 12.6.